The first-order chi connectivity index (χ1) is 24.3. The zero-order chi connectivity index (χ0) is 39.7. The van der Waals surface area contributed by atoms with Crippen LogP contribution in [0.2, 0.25) is 0 Å². The summed E-state index contributed by atoms with van der Waals surface area (Å²) in [4.78, 5) is 90.1. The van der Waals surface area contributed by atoms with Gasteiger partial charge in [-0.05, 0) is 68.2 Å². The van der Waals surface area contributed by atoms with Crippen molar-refractivity contribution in [2.75, 3.05) is 18.6 Å². The highest BCUT2D eigenvalue weighted by Crippen LogP contribution is 2.13. The Balaban J connectivity index is 3.02. The van der Waals surface area contributed by atoms with Gasteiger partial charge in [0, 0.05) is 6.42 Å². The summed E-state index contributed by atoms with van der Waals surface area (Å²) < 4.78 is 0. The third-order valence-corrected chi connectivity index (χ3v) is 8.50. The van der Waals surface area contributed by atoms with Crippen molar-refractivity contribution in [3.63, 3.8) is 0 Å². The number of benzene rings is 1. The van der Waals surface area contributed by atoms with Gasteiger partial charge in [0.05, 0.1) is 6.61 Å². The number of aliphatic hydroxyl groups is 1. The molecule has 0 heterocycles. The van der Waals surface area contributed by atoms with Crippen LogP contribution < -0.4 is 37.6 Å². The number of carboxylic acids is 1. The van der Waals surface area contributed by atoms with Gasteiger partial charge in [0.15, 0.2) is 0 Å². The van der Waals surface area contributed by atoms with Crippen LogP contribution in [0.5, 0.6) is 5.75 Å². The normalized spacial score (nSPS) is 15.2. The molecular weight excluding hydrogens is 698 g/mol. The van der Waals surface area contributed by atoms with Crippen LogP contribution in [0, 0.1) is 11.8 Å². The molecule has 0 aliphatic heterocycles. The molecule has 0 radical (unpaired) electrons. The van der Waals surface area contributed by atoms with Crippen molar-refractivity contribution in [2.45, 2.75) is 103 Å². The molecule has 0 aliphatic rings. The van der Waals surface area contributed by atoms with Crippen LogP contribution >= 0.6 is 11.8 Å². The number of rotatable bonds is 22. The SMILES string of the molecule is CSCC[C@H](NC(=O)[C@H](C)NC(=O)[C@H](CC(C)C)NC(=O)[C@H](C)NC(=O)[C@@H](N)CO)C(=O)N[C@H](C(=O)N[C@@H](Cc1ccc(O)cc1)C(=O)O)C(C)C. The van der Waals surface area contributed by atoms with Crippen LogP contribution in [0.3, 0.4) is 0 Å². The van der Waals surface area contributed by atoms with Gasteiger partial charge >= 0.3 is 5.97 Å². The van der Waals surface area contributed by atoms with E-state index < -0.39 is 96.2 Å². The second kappa shape index (κ2) is 22.5. The quantitative estimate of drug-likeness (QED) is 0.0665. The molecule has 1 aromatic carbocycles. The molecule has 0 saturated heterocycles. The second-order valence-electron chi connectivity index (χ2n) is 13.3. The zero-order valence-corrected chi connectivity index (χ0v) is 31.5. The number of nitrogens with two attached hydrogens (primary N) is 1. The molecule has 0 aromatic heterocycles. The van der Waals surface area contributed by atoms with Crippen LogP contribution in [0.25, 0.3) is 0 Å². The lowest BCUT2D eigenvalue weighted by Crippen LogP contribution is -2.60. The first-order valence-corrected chi connectivity index (χ1v) is 18.4. The van der Waals surface area contributed by atoms with E-state index >= 15 is 0 Å². The number of aliphatic hydroxyl groups excluding tert-OH is 1. The van der Waals surface area contributed by atoms with Crippen molar-refractivity contribution in [3.8, 4) is 5.75 Å². The number of carbonyl (C=O) groups excluding carboxylic acids is 6. The van der Waals surface area contributed by atoms with Crippen molar-refractivity contribution in [3.05, 3.63) is 29.8 Å². The second-order valence-corrected chi connectivity index (χ2v) is 14.3. The van der Waals surface area contributed by atoms with Gasteiger partial charge in [0.2, 0.25) is 35.4 Å². The summed E-state index contributed by atoms with van der Waals surface area (Å²) in [6, 6.07) is -2.33. The van der Waals surface area contributed by atoms with Crippen LogP contribution in [0.4, 0.5) is 0 Å². The molecule has 1 aromatic rings. The van der Waals surface area contributed by atoms with Crippen molar-refractivity contribution in [2.24, 2.45) is 17.6 Å². The van der Waals surface area contributed by atoms with Crippen molar-refractivity contribution >= 4 is 53.2 Å². The Hall–Kier alpha value is -4.42. The number of phenols is 1. The third kappa shape index (κ3) is 15.9. The monoisotopic (exact) mass is 753 g/mol. The predicted molar refractivity (Wildman–Crippen MR) is 195 cm³/mol. The van der Waals surface area contributed by atoms with Crippen molar-refractivity contribution in [1.82, 2.24) is 31.9 Å². The van der Waals surface area contributed by atoms with E-state index in [0.29, 0.717) is 11.3 Å². The Morgan fingerprint density at radius 1 is 0.692 bits per heavy atom. The van der Waals surface area contributed by atoms with E-state index in [4.69, 9.17) is 10.8 Å². The lowest BCUT2D eigenvalue weighted by molar-refractivity contribution is -0.142. The fraction of sp³-hybridized carbons (Fsp3) is 0.618. The molecule has 18 heteroatoms. The predicted octanol–water partition coefficient (Wildman–Crippen LogP) is -1.26. The van der Waals surface area contributed by atoms with Gasteiger partial charge in [0.25, 0.3) is 0 Å². The van der Waals surface area contributed by atoms with E-state index in [1.807, 2.05) is 13.8 Å². The van der Waals surface area contributed by atoms with Gasteiger partial charge in [-0.25, -0.2) is 4.79 Å². The summed E-state index contributed by atoms with van der Waals surface area (Å²) in [7, 11) is 0. The van der Waals surface area contributed by atoms with Crippen LogP contribution in [-0.4, -0.2) is 118 Å². The standard InChI is InChI=1S/C34H55N7O10S/c1-17(2)14-25(39-29(45)19(5)36-30(46)23(35)16-42)32(48)37-20(6)28(44)38-24(12-13-52-7)31(47)41-27(18(3)4)33(49)40-26(34(50)51)15-21-8-10-22(43)11-9-21/h8-11,17-20,23-27,42-43H,12-16,35H2,1-7H3,(H,36,46)(H,37,48)(H,38,44)(H,39,45)(H,40,49)(H,41,47)(H,50,51)/t19-,20-,23-,24-,25-,26-,27-/m0/s1. The largest absolute Gasteiger partial charge is 0.508 e. The van der Waals surface area contributed by atoms with Crippen LogP contribution in [0.1, 0.15) is 59.9 Å². The molecule has 0 bridgehead atoms. The Morgan fingerprint density at radius 3 is 1.67 bits per heavy atom. The molecule has 0 unspecified atom stereocenters. The summed E-state index contributed by atoms with van der Waals surface area (Å²) in [5, 5.41) is 43.6. The summed E-state index contributed by atoms with van der Waals surface area (Å²) in [5.74, 6) is -5.65. The molecule has 52 heavy (non-hydrogen) atoms. The number of amides is 6. The topological polar surface area (TPSA) is 278 Å². The van der Waals surface area contributed by atoms with Gasteiger partial charge in [0.1, 0.15) is 48.0 Å². The van der Waals surface area contributed by atoms with Crippen LogP contribution in [0.15, 0.2) is 24.3 Å². The zero-order valence-electron chi connectivity index (χ0n) is 30.7. The molecular formula is C34H55N7O10S. The van der Waals surface area contributed by atoms with E-state index in [1.165, 1.54) is 49.9 Å². The first-order valence-electron chi connectivity index (χ1n) is 17.0. The summed E-state index contributed by atoms with van der Waals surface area (Å²) in [5.41, 5.74) is 6.04. The maximum Gasteiger partial charge on any atom is 0.326 e. The third-order valence-electron chi connectivity index (χ3n) is 7.86. The molecule has 1 rings (SSSR count). The number of nitrogens with one attached hydrogen (secondary N) is 6. The summed E-state index contributed by atoms with van der Waals surface area (Å²) in [6.07, 6.45) is 2.09. The lowest BCUT2D eigenvalue weighted by atomic mass is 10.0. The van der Waals surface area contributed by atoms with Crippen LogP contribution in [-0.2, 0) is 40.0 Å². The van der Waals surface area contributed by atoms with Crippen molar-refractivity contribution in [1.29, 1.82) is 0 Å². The highest BCUT2D eigenvalue weighted by Gasteiger charge is 2.33. The smallest absolute Gasteiger partial charge is 0.326 e. The maximum atomic E-state index is 13.5. The van der Waals surface area contributed by atoms with E-state index in [-0.39, 0.29) is 30.9 Å². The van der Waals surface area contributed by atoms with Gasteiger partial charge in [-0.1, -0.05) is 39.8 Å². The number of hydrogen-bond donors (Lipinski definition) is 10. The number of thioether (sulfide) groups is 1. The number of aliphatic carboxylic acids is 1. The highest BCUT2D eigenvalue weighted by molar-refractivity contribution is 7.98. The van der Waals surface area contributed by atoms with Gasteiger partial charge in [-0.2, -0.15) is 11.8 Å². The van der Waals surface area contributed by atoms with E-state index in [1.54, 1.807) is 20.1 Å². The minimum absolute atomic E-state index is 0.00133. The molecule has 0 saturated carbocycles. The minimum atomic E-state index is -1.33. The number of phenolic OH excluding ortho intramolecular Hbond substituents is 1. The van der Waals surface area contributed by atoms with Gasteiger partial charge in [-0.3, -0.25) is 28.8 Å². The highest BCUT2D eigenvalue weighted by atomic mass is 32.2. The molecule has 0 spiro atoms. The van der Waals surface area contributed by atoms with E-state index in [2.05, 4.69) is 31.9 Å². The van der Waals surface area contributed by atoms with Gasteiger partial charge < -0.3 is 53.0 Å². The average molecular weight is 754 g/mol. The Labute approximate surface area is 308 Å². The molecule has 0 aliphatic carbocycles. The molecule has 17 nitrogen and oxygen atoms in total. The van der Waals surface area contributed by atoms with Crippen molar-refractivity contribution < 1.29 is 48.9 Å². The summed E-state index contributed by atoms with van der Waals surface area (Å²) in [6.45, 7) is 9.14. The lowest BCUT2D eigenvalue weighted by Gasteiger charge is -2.28. The van der Waals surface area contributed by atoms with Gasteiger partial charge in [-0.15, -0.1) is 0 Å². The fourth-order valence-corrected chi connectivity index (χ4v) is 5.24. The number of carbonyl (C=O) groups is 7. The number of hydrogen-bond acceptors (Lipinski definition) is 11. The Kier molecular flexibility index (Phi) is 19.7. The molecule has 6 amide bonds. The average Bonchev–Trinajstić information content (AvgIpc) is 3.07. The maximum absolute atomic E-state index is 13.5. The van der Waals surface area contributed by atoms with E-state index in [9.17, 15) is 43.8 Å². The summed E-state index contributed by atoms with van der Waals surface area (Å²) >= 11 is 1.42. The number of aromatic hydroxyl groups is 1. The number of carboxylic acid groups (broad SMARTS) is 1. The minimum Gasteiger partial charge on any atom is -0.508 e. The molecule has 11 N–H and O–H groups in total. The Bertz CT molecular complexity index is 1380. The Morgan fingerprint density at radius 2 is 1.19 bits per heavy atom. The molecule has 7 atom stereocenters. The van der Waals surface area contributed by atoms with E-state index in [0.717, 1.165) is 0 Å². The molecule has 292 valence electrons. The first kappa shape index (κ1) is 45.6. The fourth-order valence-electron chi connectivity index (χ4n) is 4.77. The molecule has 0 fully saturated rings.